The van der Waals surface area contributed by atoms with E-state index in [0.717, 1.165) is 5.56 Å². The molecule has 2 N–H and O–H groups in total. The Labute approximate surface area is 111 Å². The maximum atomic E-state index is 12.2. The summed E-state index contributed by atoms with van der Waals surface area (Å²) in [6.07, 6.45) is 3.58. The maximum Gasteiger partial charge on any atom is 0.187 e. The molecule has 0 saturated carbocycles. The van der Waals surface area contributed by atoms with E-state index in [0.29, 0.717) is 6.54 Å². The van der Waals surface area contributed by atoms with E-state index in [4.69, 9.17) is 22.1 Å². The molecule has 1 aromatic rings. The predicted octanol–water partition coefficient (Wildman–Crippen LogP) is 1.48. The zero-order valence-electron chi connectivity index (χ0n) is 9.67. The van der Waals surface area contributed by atoms with Gasteiger partial charge in [-0.05, 0) is 17.7 Å². The van der Waals surface area contributed by atoms with Crippen molar-refractivity contribution in [3.05, 3.63) is 34.9 Å². The number of halogens is 1. The first kappa shape index (κ1) is 13.5. The Balaban J connectivity index is 2.32. The molecule has 0 bridgehead atoms. The third-order valence-corrected chi connectivity index (χ3v) is 5.30. The van der Waals surface area contributed by atoms with Crippen LogP contribution in [0.25, 0.3) is 6.08 Å². The smallest absolute Gasteiger partial charge is 0.187 e. The Bertz CT molecular complexity index is 565. The highest BCUT2D eigenvalue weighted by molar-refractivity contribution is 7.92. The van der Waals surface area contributed by atoms with E-state index >= 15 is 0 Å². The first-order valence-corrected chi connectivity index (χ1v) is 7.46. The minimum Gasteiger partial charge on any atom is -0.379 e. The van der Waals surface area contributed by atoms with E-state index in [2.05, 4.69) is 0 Å². The van der Waals surface area contributed by atoms with Gasteiger partial charge in [-0.1, -0.05) is 29.8 Å². The number of sulfone groups is 1. The van der Waals surface area contributed by atoms with Gasteiger partial charge in [0, 0.05) is 6.54 Å². The van der Waals surface area contributed by atoms with Gasteiger partial charge in [0.25, 0.3) is 0 Å². The molecular weight excluding hydrogens is 274 g/mol. The van der Waals surface area contributed by atoms with Gasteiger partial charge in [0.2, 0.25) is 0 Å². The second kappa shape index (κ2) is 5.40. The van der Waals surface area contributed by atoms with E-state index in [1.54, 1.807) is 24.3 Å². The molecule has 0 unspecified atom stereocenters. The van der Waals surface area contributed by atoms with Gasteiger partial charge in [0.15, 0.2) is 9.84 Å². The quantitative estimate of drug-likeness (QED) is 0.911. The summed E-state index contributed by atoms with van der Waals surface area (Å²) in [5, 5.41) is -0.235. The third-order valence-electron chi connectivity index (χ3n) is 2.76. The van der Waals surface area contributed by atoms with Crippen molar-refractivity contribution in [1.82, 2.24) is 0 Å². The summed E-state index contributed by atoms with van der Waals surface area (Å²) >= 11 is 6.03. The van der Waals surface area contributed by atoms with Crippen LogP contribution in [0.3, 0.4) is 0 Å². The molecule has 98 valence electrons. The summed E-state index contributed by atoms with van der Waals surface area (Å²) in [7, 11) is -3.38. The number of hydrogen-bond donors (Lipinski definition) is 1. The Hall–Kier alpha value is -0.880. The molecule has 0 radical (unpaired) electrons. The van der Waals surface area contributed by atoms with Crippen LogP contribution in [-0.2, 0) is 14.6 Å². The molecule has 1 aliphatic rings. The average molecular weight is 288 g/mol. The van der Waals surface area contributed by atoms with E-state index in [-0.39, 0.29) is 23.1 Å². The monoisotopic (exact) mass is 287 g/mol. The highest BCUT2D eigenvalue weighted by atomic mass is 35.5. The second-order valence-corrected chi connectivity index (χ2v) is 6.64. The topological polar surface area (TPSA) is 69.4 Å². The van der Waals surface area contributed by atoms with Crippen LogP contribution in [0.2, 0.25) is 5.02 Å². The number of rotatable bonds is 4. The fourth-order valence-electron chi connectivity index (χ4n) is 1.63. The van der Waals surface area contributed by atoms with Crippen molar-refractivity contribution in [2.45, 2.75) is 10.1 Å². The zero-order valence-corrected chi connectivity index (χ0v) is 11.2. The van der Waals surface area contributed by atoms with Gasteiger partial charge in [0.05, 0.1) is 23.1 Å². The van der Waals surface area contributed by atoms with Crippen molar-refractivity contribution in [3.63, 3.8) is 0 Å². The standard InChI is InChI=1S/C12H14ClNO3S/c13-11-6-9(2-1-5-14)3-4-12(11)18(15,16)10-7-17-8-10/h1-4,6,10H,5,7-8,14H2/b2-1+. The summed E-state index contributed by atoms with van der Waals surface area (Å²) in [5.41, 5.74) is 6.18. The second-order valence-electron chi connectivity index (χ2n) is 4.03. The van der Waals surface area contributed by atoms with Gasteiger partial charge < -0.3 is 10.5 Å². The first-order chi connectivity index (χ1) is 8.55. The van der Waals surface area contributed by atoms with Crippen molar-refractivity contribution in [2.24, 2.45) is 5.73 Å². The minimum absolute atomic E-state index is 0.169. The fraction of sp³-hybridized carbons (Fsp3) is 0.333. The van der Waals surface area contributed by atoms with Crippen LogP contribution in [0.1, 0.15) is 5.56 Å². The lowest BCUT2D eigenvalue weighted by Crippen LogP contribution is -2.40. The van der Waals surface area contributed by atoms with Crippen molar-refractivity contribution in [2.75, 3.05) is 19.8 Å². The van der Waals surface area contributed by atoms with E-state index in [9.17, 15) is 8.42 Å². The highest BCUT2D eigenvalue weighted by Crippen LogP contribution is 2.28. The molecule has 4 nitrogen and oxygen atoms in total. The molecular formula is C12H14ClNO3S. The number of benzene rings is 1. The third kappa shape index (κ3) is 2.59. The Morgan fingerprint density at radius 1 is 1.44 bits per heavy atom. The Morgan fingerprint density at radius 2 is 2.17 bits per heavy atom. The van der Waals surface area contributed by atoms with Crippen LogP contribution in [-0.4, -0.2) is 33.4 Å². The zero-order chi connectivity index (χ0) is 13.2. The Morgan fingerprint density at radius 3 is 2.67 bits per heavy atom. The van der Waals surface area contributed by atoms with E-state index < -0.39 is 15.1 Å². The van der Waals surface area contributed by atoms with Crippen molar-refractivity contribution >= 4 is 27.5 Å². The largest absolute Gasteiger partial charge is 0.379 e. The lowest BCUT2D eigenvalue weighted by molar-refractivity contribution is 0.0416. The molecule has 1 saturated heterocycles. The van der Waals surface area contributed by atoms with Crippen LogP contribution in [0, 0.1) is 0 Å². The molecule has 0 atom stereocenters. The maximum absolute atomic E-state index is 12.2. The van der Waals surface area contributed by atoms with Crippen molar-refractivity contribution < 1.29 is 13.2 Å². The molecule has 18 heavy (non-hydrogen) atoms. The average Bonchev–Trinajstić information content (AvgIpc) is 2.22. The molecule has 0 aliphatic carbocycles. The normalized spacial score (nSPS) is 17.0. The van der Waals surface area contributed by atoms with Crippen LogP contribution in [0.5, 0.6) is 0 Å². The molecule has 0 spiro atoms. The molecule has 0 aromatic heterocycles. The highest BCUT2D eigenvalue weighted by Gasteiger charge is 2.35. The molecule has 2 rings (SSSR count). The molecule has 1 aliphatic heterocycles. The minimum atomic E-state index is -3.38. The van der Waals surface area contributed by atoms with Gasteiger partial charge in [-0.25, -0.2) is 8.42 Å². The molecule has 0 amide bonds. The summed E-state index contributed by atoms with van der Waals surface area (Å²) in [6, 6.07) is 4.87. The van der Waals surface area contributed by atoms with Gasteiger partial charge in [0.1, 0.15) is 5.25 Å². The van der Waals surface area contributed by atoms with Gasteiger partial charge in [-0.15, -0.1) is 0 Å². The first-order valence-electron chi connectivity index (χ1n) is 5.53. The lowest BCUT2D eigenvalue weighted by Gasteiger charge is -2.26. The summed E-state index contributed by atoms with van der Waals surface area (Å²) < 4.78 is 29.2. The van der Waals surface area contributed by atoms with Crippen LogP contribution < -0.4 is 5.73 Å². The lowest BCUT2D eigenvalue weighted by atomic mass is 10.2. The van der Waals surface area contributed by atoms with E-state index in [1.807, 2.05) is 0 Å². The predicted molar refractivity (Wildman–Crippen MR) is 71.3 cm³/mol. The number of nitrogens with two attached hydrogens (primary N) is 1. The van der Waals surface area contributed by atoms with Crippen molar-refractivity contribution in [1.29, 1.82) is 0 Å². The Kier molecular flexibility index (Phi) is 4.07. The van der Waals surface area contributed by atoms with Gasteiger partial charge in [-0.2, -0.15) is 0 Å². The molecule has 1 fully saturated rings. The van der Waals surface area contributed by atoms with Crippen LogP contribution >= 0.6 is 11.6 Å². The molecule has 1 heterocycles. The number of hydrogen-bond acceptors (Lipinski definition) is 4. The van der Waals surface area contributed by atoms with Crippen LogP contribution in [0.4, 0.5) is 0 Å². The molecule has 6 heteroatoms. The molecule has 1 aromatic carbocycles. The van der Waals surface area contributed by atoms with E-state index in [1.165, 1.54) is 6.07 Å². The van der Waals surface area contributed by atoms with Gasteiger partial charge >= 0.3 is 0 Å². The van der Waals surface area contributed by atoms with Crippen LogP contribution in [0.15, 0.2) is 29.2 Å². The summed E-state index contributed by atoms with van der Waals surface area (Å²) in [4.78, 5) is 0.169. The fourth-order valence-corrected chi connectivity index (χ4v) is 3.64. The van der Waals surface area contributed by atoms with Crippen molar-refractivity contribution in [3.8, 4) is 0 Å². The number of ether oxygens (including phenoxy) is 1. The van der Waals surface area contributed by atoms with Gasteiger partial charge in [-0.3, -0.25) is 0 Å². The summed E-state index contributed by atoms with van der Waals surface area (Å²) in [6.45, 7) is 0.915. The summed E-state index contributed by atoms with van der Waals surface area (Å²) in [5.74, 6) is 0. The SMILES string of the molecule is NC/C=C/c1ccc(S(=O)(=O)C2COC2)c(Cl)c1.